The Balaban J connectivity index is 1.65. The Labute approximate surface area is 186 Å². The van der Waals surface area contributed by atoms with Crippen molar-refractivity contribution in [3.63, 3.8) is 0 Å². The summed E-state index contributed by atoms with van der Waals surface area (Å²) in [4.78, 5) is 29.9. The van der Waals surface area contributed by atoms with Crippen LogP contribution in [0.5, 0.6) is 5.75 Å². The van der Waals surface area contributed by atoms with Crippen molar-refractivity contribution in [3.05, 3.63) is 50.4 Å². The molecular formula is C22H28ClN5O3. The third-order valence-corrected chi connectivity index (χ3v) is 5.47. The van der Waals surface area contributed by atoms with Crippen LogP contribution in [0.4, 0.5) is 5.69 Å². The van der Waals surface area contributed by atoms with Gasteiger partial charge in [0.05, 0.1) is 10.7 Å². The molecule has 3 aromatic rings. The van der Waals surface area contributed by atoms with E-state index >= 15 is 0 Å². The number of fused-ring (bicyclic) bond motifs is 1. The maximum absolute atomic E-state index is 12.5. The Morgan fingerprint density at radius 3 is 2.74 bits per heavy atom. The minimum absolute atomic E-state index is 0.174. The number of benzene rings is 1. The van der Waals surface area contributed by atoms with E-state index in [1.165, 1.54) is 0 Å². The highest BCUT2D eigenvalue weighted by Gasteiger charge is 2.16. The normalized spacial score (nSPS) is 11.3. The van der Waals surface area contributed by atoms with Gasteiger partial charge < -0.3 is 19.9 Å². The molecule has 0 atom stereocenters. The van der Waals surface area contributed by atoms with Gasteiger partial charge in [-0.2, -0.15) is 5.10 Å². The molecule has 2 N–H and O–H groups in total. The number of anilines is 1. The van der Waals surface area contributed by atoms with E-state index in [4.69, 9.17) is 16.3 Å². The van der Waals surface area contributed by atoms with Gasteiger partial charge in [-0.1, -0.05) is 11.6 Å². The zero-order valence-corrected chi connectivity index (χ0v) is 19.3. The predicted octanol–water partition coefficient (Wildman–Crippen LogP) is 3.04. The minimum atomic E-state index is -0.195. The second kappa shape index (κ2) is 9.53. The van der Waals surface area contributed by atoms with Crippen LogP contribution in [0.2, 0.25) is 5.02 Å². The number of rotatable bonds is 8. The average molecular weight is 446 g/mol. The summed E-state index contributed by atoms with van der Waals surface area (Å²) in [6, 6.07) is 5.15. The fourth-order valence-corrected chi connectivity index (χ4v) is 3.79. The lowest BCUT2D eigenvalue weighted by molar-refractivity contribution is -0.116. The van der Waals surface area contributed by atoms with Crippen LogP contribution in [0.25, 0.3) is 11.0 Å². The maximum atomic E-state index is 12.5. The van der Waals surface area contributed by atoms with Crippen molar-refractivity contribution in [1.29, 1.82) is 0 Å². The summed E-state index contributed by atoms with van der Waals surface area (Å²) in [7, 11) is 5.73. The van der Waals surface area contributed by atoms with Gasteiger partial charge in [0.15, 0.2) is 0 Å². The van der Waals surface area contributed by atoms with Crippen molar-refractivity contribution in [2.45, 2.75) is 26.7 Å². The molecule has 2 aromatic heterocycles. The number of amides is 1. The Morgan fingerprint density at radius 1 is 1.32 bits per heavy atom. The van der Waals surface area contributed by atoms with E-state index in [2.05, 4.69) is 15.4 Å². The van der Waals surface area contributed by atoms with Crippen LogP contribution in [0.15, 0.2) is 23.0 Å². The van der Waals surface area contributed by atoms with Crippen LogP contribution < -0.4 is 15.6 Å². The lowest BCUT2D eigenvalue weighted by Gasteiger charge is -2.13. The number of halogens is 1. The highest BCUT2D eigenvalue weighted by Crippen LogP contribution is 2.28. The summed E-state index contributed by atoms with van der Waals surface area (Å²) in [5, 5.41) is 8.56. The highest BCUT2D eigenvalue weighted by atomic mass is 35.5. The molecule has 31 heavy (non-hydrogen) atoms. The van der Waals surface area contributed by atoms with Crippen molar-refractivity contribution >= 4 is 34.2 Å². The van der Waals surface area contributed by atoms with Gasteiger partial charge in [0.1, 0.15) is 18.0 Å². The first-order valence-electron chi connectivity index (χ1n) is 10.1. The minimum Gasteiger partial charge on any atom is -0.491 e. The summed E-state index contributed by atoms with van der Waals surface area (Å²) >= 11 is 6.27. The number of hydrogen-bond acceptors (Lipinski definition) is 5. The molecule has 0 aliphatic carbocycles. The smallest absolute Gasteiger partial charge is 0.253 e. The first kappa shape index (κ1) is 22.8. The van der Waals surface area contributed by atoms with E-state index in [-0.39, 0.29) is 17.9 Å². The van der Waals surface area contributed by atoms with Crippen LogP contribution in [0, 0.1) is 13.8 Å². The largest absolute Gasteiger partial charge is 0.491 e. The average Bonchev–Trinajstić information content (AvgIpc) is 2.96. The first-order valence-corrected chi connectivity index (χ1v) is 10.5. The van der Waals surface area contributed by atoms with Crippen LogP contribution in [0.1, 0.15) is 23.2 Å². The second-order valence-corrected chi connectivity index (χ2v) is 8.24. The summed E-state index contributed by atoms with van der Waals surface area (Å²) < 4.78 is 7.31. The Morgan fingerprint density at radius 2 is 2.06 bits per heavy atom. The number of likely N-dealkylation sites (N-methyl/N-ethyl adjacent to an activating group) is 1. The van der Waals surface area contributed by atoms with Crippen molar-refractivity contribution < 1.29 is 9.53 Å². The predicted molar refractivity (Wildman–Crippen MR) is 123 cm³/mol. The molecule has 1 amide bonds. The van der Waals surface area contributed by atoms with Crippen LogP contribution >= 0.6 is 11.6 Å². The number of hydrogen-bond donors (Lipinski definition) is 2. The van der Waals surface area contributed by atoms with Crippen LogP contribution in [-0.4, -0.2) is 52.8 Å². The fourth-order valence-electron chi connectivity index (χ4n) is 3.55. The number of nitrogens with zero attached hydrogens (tertiary/aromatic N) is 3. The van der Waals surface area contributed by atoms with E-state index in [0.29, 0.717) is 40.7 Å². The summed E-state index contributed by atoms with van der Waals surface area (Å²) in [6.45, 7) is 5.10. The van der Waals surface area contributed by atoms with Gasteiger partial charge in [0, 0.05) is 36.7 Å². The molecule has 0 unspecified atom stereocenters. The molecule has 9 heteroatoms. The number of aryl methyl sites for hydroxylation is 3. The Hall–Kier alpha value is -2.84. The number of aromatic amines is 1. The SMILES string of the molecule is Cc1nn(C)c2[nH]c(=O)c(CCC(=O)Nc3ccc(OCCN(C)C)c(Cl)c3)c(C)c12. The molecule has 0 fully saturated rings. The summed E-state index contributed by atoms with van der Waals surface area (Å²) in [5.41, 5.74) is 3.39. The molecule has 0 saturated heterocycles. The zero-order chi connectivity index (χ0) is 22.7. The van der Waals surface area contributed by atoms with Gasteiger partial charge in [0.25, 0.3) is 5.56 Å². The van der Waals surface area contributed by atoms with E-state index in [0.717, 1.165) is 23.2 Å². The molecule has 166 valence electrons. The van der Waals surface area contributed by atoms with Crippen LogP contribution in [-0.2, 0) is 18.3 Å². The third-order valence-electron chi connectivity index (χ3n) is 5.17. The molecule has 0 saturated carbocycles. The van der Waals surface area contributed by atoms with Gasteiger partial charge in [-0.15, -0.1) is 0 Å². The van der Waals surface area contributed by atoms with Crippen molar-refractivity contribution in [1.82, 2.24) is 19.7 Å². The molecule has 0 aliphatic heterocycles. The second-order valence-electron chi connectivity index (χ2n) is 7.84. The molecule has 0 radical (unpaired) electrons. The van der Waals surface area contributed by atoms with Crippen molar-refractivity contribution in [3.8, 4) is 5.75 Å². The van der Waals surface area contributed by atoms with E-state index in [1.54, 1.807) is 29.9 Å². The fraction of sp³-hybridized carbons (Fsp3) is 0.409. The third kappa shape index (κ3) is 5.26. The monoisotopic (exact) mass is 445 g/mol. The molecule has 1 aromatic carbocycles. The van der Waals surface area contributed by atoms with Crippen LogP contribution in [0.3, 0.4) is 0 Å². The molecule has 2 heterocycles. The summed E-state index contributed by atoms with van der Waals surface area (Å²) in [6.07, 6.45) is 0.504. The van der Waals surface area contributed by atoms with Crippen molar-refractivity contribution in [2.75, 3.05) is 32.6 Å². The highest BCUT2D eigenvalue weighted by molar-refractivity contribution is 6.32. The maximum Gasteiger partial charge on any atom is 0.253 e. The quantitative estimate of drug-likeness (QED) is 0.556. The lowest BCUT2D eigenvalue weighted by Crippen LogP contribution is -2.20. The number of ether oxygens (including phenoxy) is 1. The Kier molecular flexibility index (Phi) is 7.02. The number of nitrogens with one attached hydrogen (secondary N) is 2. The van der Waals surface area contributed by atoms with Gasteiger partial charge in [-0.25, -0.2) is 0 Å². The van der Waals surface area contributed by atoms with Crippen molar-refractivity contribution in [2.24, 2.45) is 7.05 Å². The number of carbonyl (C=O) groups excluding carboxylic acids is 1. The topological polar surface area (TPSA) is 92.2 Å². The molecule has 8 nitrogen and oxygen atoms in total. The van der Waals surface area contributed by atoms with E-state index < -0.39 is 0 Å². The van der Waals surface area contributed by atoms with Gasteiger partial charge in [-0.3, -0.25) is 14.3 Å². The Bertz CT molecular complexity index is 1170. The number of carbonyl (C=O) groups is 1. The number of aromatic nitrogens is 3. The molecule has 0 aliphatic rings. The van der Waals surface area contributed by atoms with Gasteiger partial charge in [0.2, 0.25) is 5.91 Å². The number of H-pyrrole nitrogens is 1. The summed E-state index contributed by atoms with van der Waals surface area (Å²) in [5.74, 6) is 0.378. The molecule has 0 spiro atoms. The first-order chi connectivity index (χ1) is 14.7. The molecular weight excluding hydrogens is 418 g/mol. The zero-order valence-electron chi connectivity index (χ0n) is 18.5. The standard InChI is InChI=1S/C22H28ClN5O3/c1-13-16(22(30)25-21-20(13)14(2)26-28(21)5)7-9-19(29)24-15-6-8-18(17(23)12-15)31-11-10-27(3)4/h6,8,12H,7,9-11H2,1-5H3,(H,24,29)(H,25,30). The lowest BCUT2D eigenvalue weighted by atomic mass is 10.0. The van der Waals surface area contributed by atoms with E-state index in [1.807, 2.05) is 32.8 Å². The van der Waals surface area contributed by atoms with Gasteiger partial charge >= 0.3 is 0 Å². The molecule has 0 bridgehead atoms. The van der Waals surface area contributed by atoms with Gasteiger partial charge in [-0.05, 0) is 58.1 Å². The van der Waals surface area contributed by atoms with E-state index in [9.17, 15) is 9.59 Å². The number of pyridine rings is 1. The molecule has 3 rings (SSSR count).